The zero-order valence-corrected chi connectivity index (χ0v) is 24.4. The van der Waals surface area contributed by atoms with Crippen LogP contribution in [0.25, 0.3) is 0 Å². The maximum atomic E-state index is 14.5. The van der Waals surface area contributed by atoms with Crippen molar-refractivity contribution in [2.75, 3.05) is 12.8 Å². The third kappa shape index (κ3) is 4.58. The van der Waals surface area contributed by atoms with Gasteiger partial charge in [-0.2, -0.15) is 4.31 Å². The van der Waals surface area contributed by atoms with Gasteiger partial charge in [0.05, 0.1) is 17.3 Å². The second-order valence-electron chi connectivity index (χ2n) is 10.8. The number of nitrogens with one attached hydrogen (secondary N) is 1. The molecule has 2 amide bonds. The number of carbonyl (C=O) groups excluding carboxylic acids is 2. The average molecular weight is 615 g/mol. The summed E-state index contributed by atoms with van der Waals surface area (Å²) >= 11 is 5.88. The second kappa shape index (κ2) is 10.5. The summed E-state index contributed by atoms with van der Waals surface area (Å²) < 4.78 is 49.0. The van der Waals surface area contributed by atoms with Crippen molar-refractivity contribution >= 4 is 33.4 Å². The molecule has 3 atom stereocenters. The molecule has 3 aromatic rings. The van der Waals surface area contributed by atoms with Crippen molar-refractivity contribution in [2.24, 2.45) is 0 Å². The molecule has 3 aliphatic heterocycles. The summed E-state index contributed by atoms with van der Waals surface area (Å²) in [5.74, 6) is -2.25. The molecule has 0 bridgehead atoms. The first-order valence-electron chi connectivity index (χ1n) is 13.5. The molecule has 4 heterocycles. The van der Waals surface area contributed by atoms with Crippen molar-refractivity contribution in [3.05, 3.63) is 97.7 Å². The highest BCUT2D eigenvalue weighted by molar-refractivity contribution is 7.88. The Kier molecular flexibility index (Phi) is 7.11. The summed E-state index contributed by atoms with van der Waals surface area (Å²) in [5.41, 5.74) is 0.229. The molecule has 0 spiro atoms. The molecule has 1 saturated heterocycles. The summed E-state index contributed by atoms with van der Waals surface area (Å²) in [4.78, 5) is 43.2. The Balaban J connectivity index is 1.47. The largest absolute Gasteiger partial charge is 0.483 e. The van der Waals surface area contributed by atoms with E-state index in [1.807, 2.05) is 18.2 Å². The van der Waals surface area contributed by atoms with E-state index in [1.165, 1.54) is 21.3 Å². The summed E-state index contributed by atoms with van der Waals surface area (Å²) in [6, 6.07) is 12.5. The van der Waals surface area contributed by atoms with Gasteiger partial charge in [-0.3, -0.25) is 14.4 Å². The number of amides is 2. The van der Waals surface area contributed by atoms with Gasteiger partial charge < -0.3 is 19.5 Å². The molecule has 6 rings (SSSR count). The van der Waals surface area contributed by atoms with Crippen LogP contribution in [0.4, 0.5) is 4.39 Å². The molecule has 42 heavy (non-hydrogen) atoms. The molecule has 3 aliphatic rings. The van der Waals surface area contributed by atoms with Crippen molar-refractivity contribution in [2.45, 2.75) is 51.2 Å². The van der Waals surface area contributed by atoms with Gasteiger partial charge >= 0.3 is 0 Å². The lowest BCUT2D eigenvalue weighted by atomic mass is 10.1. The molecule has 220 valence electrons. The van der Waals surface area contributed by atoms with Gasteiger partial charge in [0, 0.05) is 30.4 Å². The Morgan fingerprint density at radius 1 is 1.14 bits per heavy atom. The molecule has 2 unspecified atom stereocenters. The zero-order chi connectivity index (χ0) is 29.9. The number of hydrogen-bond acceptors (Lipinski definition) is 6. The van der Waals surface area contributed by atoms with E-state index in [9.17, 15) is 27.2 Å². The standard InChI is InChI=1S/C29H28ClFN4O6S/c1-16-14-33(42(2,39)40)28-21-12-11-20-22(27(37)32-13-18-9-6-10-19(30)23(18)31)25(36)26(24(35(20)21)29(38)34(16)28)41-15-17-7-4-3-5-8-17/h3-10,16,21,28H,11-15H2,1-2H3,(H,32,37)/t16-,21?,28?/m0/s1. The van der Waals surface area contributed by atoms with Crippen LogP contribution in [0.1, 0.15) is 57.1 Å². The van der Waals surface area contributed by atoms with Crippen LogP contribution in [0.2, 0.25) is 5.02 Å². The van der Waals surface area contributed by atoms with Crippen molar-refractivity contribution in [1.29, 1.82) is 0 Å². The normalized spacial score (nSPS) is 21.3. The molecule has 0 radical (unpaired) electrons. The quantitative estimate of drug-likeness (QED) is 0.437. The number of carbonyl (C=O) groups is 2. The van der Waals surface area contributed by atoms with Crippen LogP contribution < -0.4 is 15.5 Å². The lowest BCUT2D eigenvalue weighted by Crippen LogP contribution is -2.55. The fraction of sp³-hybridized carbons (Fsp3) is 0.345. The number of fused-ring (bicyclic) bond motifs is 2. The van der Waals surface area contributed by atoms with Gasteiger partial charge in [0.1, 0.15) is 24.2 Å². The van der Waals surface area contributed by atoms with Crippen LogP contribution in [-0.2, 0) is 29.6 Å². The van der Waals surface area contributed by atoms with Crippen LogP contribution in [0.3, 0.4) is 0 Å². The monoisotopic (exact) mass is 614 g/mol. The smallest absolute Gasteiger partial charge is 0.276 e. The summed E-state index contributed by atoms with van der Waals surface area (Å²) in [5, 5.41) is 2.52. The summed E-state index contributed by atoms with van der Waals surface area (Å²) in [7, 11) is -3.68. The van der Waals surface area contributed by atoms with E-state index in [1.54, 1.807) is 29.7 Å². The molecule has 0 aliphatic carbocycles. The number of sulfonamides is 1. The molecule has 1 aromatic heterocycles. The first kappa shape index (κ1) is 28.4. The Hall–Kier alpha value is -3.74. The molecular formula is C29H28ClFN4O6S. The second-order valence-corrected chi connectivity index (χ2v) is 13.1. The maximum absolute atomic E-state index is 14.5. The van der Waals surface area contributed by atoms with E-state index in [0.717, 1.165) is 11.8 Å². The van der Waals surface area contributed by atoms with Crippen LogP contribution in [0.15, 0.2) is 53.3 Å². The van der Waals surface area contributed by atoms with Crippen molar-refractivity contribution in [1.82, 2.24) is 19.1 Å². The van der Waals surface area contributed by atoms with E-state index < -0.39 is 51.3 Å². The highest BCUT2D eigenvalue weighted by atomic mass is 35.5. The Morgan fingerprint density at radius 2 is 1.88 bits per heavy atom. The molecule has 10 nitrogen and oxygen atoms in total. The average Bonchev–Trinajstić information content (AvgIpc) is 3.54. The van der Waals surface area contributed by atoms with E-state index in [2.05, 4.69) is 5.32 Å². The number of rotatable bonds is 7. The third-order valence-electron chi connectivity index (χ3n) is 8.11. The Morgan fingerprint density at radius 3 is 2.60 bits per heavy atom. The minimum absolute atomic E-state index is 0.00400. The van der Waals surface area contributed by atoms with E-state index in [0.29, 0.717) is 12.1 Å². The maximum Gasteiger partial charge on any atom is 0.276 e. The van der Waals surface area contributed by atoms with Gasteiger partial charge in [0.15, 0.2) is 11.4 Å². The predicted molar refractivity (Wildman–Crippen MR) is 152 cm³/mol. The van der Waals surface area contributed by atoms with Crippen LogP contribution in [0.5, 0.6) is 5.75 Å². The van der Waals surface area contributed by atoms with E-state index in [4.69, 9.17) is 16.3 Å². The highest BCUT2D eigenvalue weighted by Gasteiger charge is 2.55. The van der Waals surface area contributed by atoms with Crippen molar-refractivity contribution in [3.8, 4) is 5.75 Å². The minimum Gasteiger partial charge on any atom is -0.483 e. The van der Waals surface area contributed by atoms with Crippen LogP contribution in [0, 0.1) is 5.82 Å². The van der Waals surface area contributed by atoms with Crippen molar-refractivity contribution < 1.29 is 27.1 Å². The Bertz CT molecular complexity index is 1780. The van der Waals surface area contributed by atoms with Gasteiger partial charge in [0.2, 0.25) is 15.5 Å². The van der Waals surface area contributed by atoms with Gasteiger partial charge in [-0.25, -0.2) is 12.8 Å². The Labute approximate surface area is 246 Å². The topological polar surface area (TPSA) is 118 Å². The lowest BCUT2D eigenvalue weighted by Gasteiger charge is -2.41. The zero-order valence-electron chi connectivity index (χ0n) is 22.8. The van der Waals surface area contributed by atoms with E-state index >= 15 is 0 Å². The molecule has 1 fully saturated rings. The fourth-order valence-corrected chi connectivity index (χ4v) is 7.59. The number of benzene rings is 2. The predicted octanol–water partition coefficient (Wildman–Crippen LogP) is 3.08. The molecule has 0 saturated carbocycles. The number of halogens is 2. The van der Waals surface area contributed by atoms with Crippen LogP contribution >= 0.6 is 11.6 Å². The van der Waals surface area contributed by atoms with E-state index in [-0.39, 0.29) is 53.7 Å². The van der Waals surface area contributed by atoms with Gasteiger partial charge in [0.25, 0.3) is 11.8 Å². The minimum atomic E-state index is -3.68. The fourth-order valence-electron chi connectivity index (χ4n) is 6.28. The number of ether oxygens (including phenoxy) is 1. The van der Waals surface area contributed by atoms with Gasteiger partial charge in [-0.1, -0.05) is 54.1 Å². The summed E-state index contributed by atoms with van der Waals surface area (Å²) in [6.45, 7) is 1.60. The number of aromatic nitrogens is 1. The molecular weight excluding hydrogens is 587 g/mol. The van der Waals surface area contributed by atoms with Gasteiger partial charge in [-0.15, -0.1) is 0 Å². The molecule has 2 aromatic carbocycles. The number of pyridine rings is 1. The van der Waals surface area contributed by atoms with Crippen molar-refractivity contribution in [3.63, 3.8) is 0 Å². The third-order valence-corrected chi connectivity index (χ3v) is 9.62. The SMILES string of the molecule is C[C@H]1CN(S(C)(=O)=O)C2C3CCc4c(C(=O)NCc5cccc(Cl)c5F)c(=O)c(OCc5ccccc5)c(n43)C(=O)N21. The first-order chi connectivity index (χ1) is 20.0. The first-order valence-corrected chi connectivity index (χ1v) is 15.7. The molecule has 1 N–H and O–H groups in total. The highest BCUT2D eigenvalue weighted by Crippen LogP contribution is 2.45. The van der Waals surface area contributed by atoms with Gasteiger partial charge in [-0.05, 0) is 31.4 Å². The lowest BCUT2D eigenvalue weighted by molar-refractivity contribution is 0.0449. The summed E-state index contributed by atoms with van der Waals surface area (Å²) in [6.07, 6.45) is 0.943. The number of nitrogens with zero attached hydrogens (tertiary/aromatic N) is 3. The number of hydrogen-bond donors (Lipinski definition) is 1. The van der Waals surface area contributed by atoms with Crippen LogP contribution in [-0.4, -0.2) is 59.0 Å². The molecule has 13 heteroatoms.